The zero-order valence-corrected chi connectivity index (χ0v) is 8.45. The van der Waals surface area contributed by atoms with Crippen LogP contribution >= 0.6 is 0 Å². The third-order valence-electron chi connectivity index (χ3n) is 1.64. The van der Waals surface area contributed by atoms with Gasteiger partial charge in [-0.05, 0) is 0 Å². The number of rotatable bonds is 4. The second-order valence-corrected chi connectivity index (χ2v) is 4.31. The van der Waals surface area contributed by atoms with Crippen molar-refractivity contribution in [1.82, 2.24) is 9.97 Å². The first-order valence-corrected chi connectivity index (χ1v) is 5.51. The van der Waals surface area contributed by atoms with Crippen LogP contribution in [0, 0.1) is 0 Å². The number of aromatic carboxylic acids is 1. The van der Waals surface area contributed by atoms with Crippen molar-refractivity contribution >= 4 is 16.8 Å². The van der Waals surface area contributed by atoms with Crippen molar-refractivity contribution in [2.75, 3.05) is 5.75 Å². The quantitative estimate of drug-likeness (QED) is 0.786. The van der Waals surface area contributed by atoms with E-state index in [-0.39, 0.29) is 11.3 Å². The summed E-state index contributed by atoms with van der Waals surface area (Å²) in [4.78, 5) is 18.1. The van der Waals surface area contributed by atoms with Crippen molar-refractivity contribution in [3.05, 3.63) is 23.8 Å². The van der Waals surface area contributed by atoms with Crippen LogP contribution in [0.25, 0.3) is 0 Å². The summed E-state index contributed by atoms with van der Waals surface area (Å²) in [5, 5.41) is 8.77. The molecule has 1 N–H and O–H groups in total. The third-order valence-corrected chi connectivity index (χ3v) is 2.88. The first-order valence-electron chi connectivity index (χ1n) is 4.02. The van der Waals surface area contributed by atoms with E-state index in [0.29, 0.717) is 11.4 Å². The van der Waals surface area contributed by atoms with Gasteiger partial charge in [-0.25, -0.2) is 14.8 Å². The molecule has 0 radical (unpaired) electrons. The third kappa shape index (κ3) is 2.59. The number of aromatic nitrogens is 2. The number of nitrogens with zero attached hydrogens (tertiary/aromatic N) is 2. The summed E-state index contributed by atoms with van der Waals surface area (Å²) in [6.45, 7) is 1.78. The Morgan fingerprint density at radius 1 is 1.64 bits per heavy atom. The Morgan fingerprint density at radius 3 is 2.93 bits per heavy atom. The summed E-state index contributed by atoms with van der Waals surface area (Å²) in [6, 6.07) is 0. The monoisotopic (exact) mass is 214 g/mol. The van der Waals surface area contributed by atoms with Crippen LogP contribution in [-0.2, 0) is 16.6 Å². The summed E-state index contributed by atoms with van der Waals surface area (Å²) in [5.74, 6) is -0.433. The molecule has 1 rings (SSSR count). The number of hydrogen-bond acceptors (Lipinski definition) is 4. The molecule has 0 fully saturated rings. The van der Waals surface area contributed by atoms with Crippen LogP contribution in [0.4, 0.5) is 0 Å². The van der Waals surface area contributed by atoms with Gasteiger partial charge in [0.15, 0.2) is 0 Å². The predicted molar refractivity (Wildman–Crippen MR) is 51.4 cm³/mol. The van der Waals surface area contributed by atoms with Crippen molar-refractivity contribution in [1.29, 1.82) is 0 Å². The van der Waals surface area contributed by atoms with E-state index in [1.54, 1.807) is 6.92 Å². The maximum Gasteiger partial charge on any atom is 0.339 e. The zero-order valence-electron chi connectivity index (χ0n) is 7.64. The fourth-order valence-electron chi connectivity index (χ4n) is 0.903. The molecule has 0 spiro atoms. The molecule has 0 saturated heterocycles. The van der Waals surface area contributed by atoms with Crippen molar-refractivity contribution in [2.24, 2.45) is 0 Å². The van der Waals surface area contributed by atoms with Crippen LogP contribution < -0.4 is 0 Å². The number of hydrogen-bond donors (Lipinski definition) is 1. The topological polar surface area (TPSA) is 80.2 Å². The number of carbonyl (C=O) groups is 1. The van der Waals surface area contributed by atoms with Gasteiger partial charge in [0, 0.05) is 22.7 Å². The lowest BCUT2D eigenvalue weighted by atomic mass is 10.2. The maximum absolute atomic E-state index is 11.2. The van der Waals surface area contributed by atoms with Crippen LogP contribution in [0.5, 0.6) is 0 Å². The molecular weight excluding hydrogens is 204 g/mol. The molecule has 1 atom stereocenters. The van der Waals surface area contributed by atoms with Gasteiger partial charge < -0.3 is 5.11 Å². The Labute approximate surface area is 83.7 Å². The van der Waals surface area contributed by atoms with E-state index in [2.05, 4.69) is 9.97 Å². The van der Waals surface area contributed by atoms with Crippen molar-refractivity contribution in [3.63, 3.8) is 0 Å². The summed E-state index contributed by atoms with van der Waals surface area (Å²) >= 11 is 0. The molecule has 14 heavy (non-hydrogen) atoms. The summed E-state index contributed by atoms with van der Waals surface area (Å²) < 4.78 is 11.2. The van der Waals surface area contributed by atoms with Gasteiger partial charge in [0.2, 0.25) is 0 Å². The van der Waals surface area contributed by atoms with Gasteiger partial charge >= 0.3 is 5.97 Å². The lowest BCUT2D eigenvalue weighted by Crippen LogP contribution is -2.08. The minimum atomic E-state index is -1.09. The highest BCUT2D eigenvalue weighted by Crippen LogP contribution is 2.06. The molecule has 0 aliphatic carbocycles. The largest absolute Gasteiger partial charge is 0.478 e. The molecule has 0 aromatic carbocycles. The molecule has 1 heterocycles. The van der Waals surface area contributed by atoms with Crippen LogP contribution in [0.15, 0.2) is 12.5 Å². The average molecular weight is 214 g/mol. The number of carboxylic acids is 1. The van der Waals surface area contributed by atoms with Crippen LogP contribution in [0.1, 0.15) is 23.0 Å². The molecule has 6 heteroatoms. The van der Waals surface area contributed by atoms with Crippen LogP contribution in [0.2, 0.25) is 0 Å². The second kappa shape index (κ2) is 4.80. The Morgan fingerprint density at radius 2 is 2.36 bits per heavy atom. The SMILES string of the molecule is CCS(=O)Cc1ncncc1C(=O)O. The molecule has 1 aromatic heterocycles. The molecule has 76 valence electrons. The highest BCUT2D eigenvalue weighted by molar-refractivity contribution is 7.84. The van der Waals surface area contributed by atoms with E-state index in [4.69, 9.17) is 5.11 Å². The first-order chi connectivity index (χ1) is 6.65. The van der Waals surface area contributed by atoms with E-state index in [0.717, 1.165) is 0 Å². The van der Waals surface area contributed by atoms with Crippen molar-refractivity contribution in [2.45, 2.75) is 12.7 Å². The fourth-order valence-corrected chi connectivity index (χ4v) is 1.64. The molecule has 0 saturated carbocycles. The average Bonchev–Trinajstić information content (AvgIpc) is 2.18. The highest BCUT2D eigenvalue weighted by atomic mass is 32.2. The number of carboxylic acid groups (broad SMARTS) is 1. The van der Waals surface area contributed by atoms with E-state index in [1.165, 1.54) is 12.5 Å². The first kappa shape index (κ1) is 10.8. The Hall–Kier alpha value is -1.30. The normalized spacial score (nSPS) is 12.4. The summed E-state index contributed by atoms with van der Waals surface area (Å²) in [6.07, 6.45) is 2.48. The van der Waals surface area contributed by atoms with Gasteiger partial charge in [-0.15, -0.1) is 0 Å². The summed E-state index contributed by atoms with van der Waals surface area (Å²) in [7, 11) is -1.06. The van der Waals surface area contributed by atoms with Crippen molar-refractivity contribution in [3.8, 4) is 0 Å². The van der Waals surface area contributed by atoms with Gasteiger partial charge in [-0.1, -0.05) is 6.92 Å². The van der Waals surface area contributed by atoms with Gasteiger partial charge in [-0.2, -0.15) is 0 Å². The molecule has 0 aliphatic rings. The Kier molecular flexibility index (Phi) is 3.70. The Balaban J connectivity index is 2.95. The van der Waals surface area contributed by atoms with E-state index >= 15 is 0 Å². The lowest BCUT2D eigenvalue weighted by molar-refractivity contribution is 0.0695. The van der Waals surface area contributed by atoms with E-state index in [1.807, 2.05) is 0 Å². The van der Waals surface area contributed by atoms with E-state index in [9.17, 15) is 9.00 Å². The second-order valence-electron chi connectivity index (χ2n) is 2.56. The van der Waals surface area contributed by atoms with Gasteiger partial charge in [0.1, 0.15) is 11.9 Å². The molecule has 5 nitrogen and oxygen atoms in total. The molecule has 1 aromatic rings. The minimum absolute atomic E-state index is 0.0225. The van der Waals surface area contributed by atoms with Gasteiger partial charge in [0.25, 0.3) is 0 Å². The van der Waals surface area contributed by atoms with Crippen molar-refractivity contribution < 1.29 is 14.1 Å². The molecule has 1 unspecified atom stereocenters. The minimum Gasteiger partial charge on any atom is -0.478 e. The zero-order chi connectivity index (χ0) is 10.6. The van der Waals surface area contributed by atoms with Gasteiger partial charge in [0.05, 0.1) is 11.4 Å². The fraction of sp³-hybridized carbons (Fsp3) is 0.375. The van der Waals surface area contributed by atoms with Gasteiger partial charge in [-0.3, -0.25) is 4.21 Å². The predicted octanol–water partition coefficient (Wildman–Crippen LogP) is 0.443. The lowest BCUT2D eigenvalue weighted by Gasteiger charge is -2.02. The highest BCUT2D eigenvalue weighted by Gasteiger charge is 2.12. The molecule has 0 bridgehead atoms. The van der Waals surface area contributed by atoms with Crippen LogP contribution in [0.3, 0.4) is 0 Å². The smallest absolute Gasteiger partial charge is 0.339 e. The molecule has 0 aliphatic heterocycles. The molecular formula is C8H10N2O3S. The van der Waals surface area contributed by atoms with Crippen LogP contribution in [-0.4, -0.2) is 31.0 Å². The standard InChI is InChI=1S/C8H10N2O3S/c1-2-14(13)4-7-6(8(11)12)3-9-5-10-7/h3,5H,2,4H2,1H3,(H,11,12). The summed E-state index contributed by atoms with van der Waals surface area (Å²) in [5.41, 5.74) is 0.349. The maximum atomic E-state index is 11.2. The molecule has 0 amide bonds. The van der Waals surface area contributed by atoms with E-state index < -0.39 is 16.8 Å². The Bertz CT molecular complexity index is 367.